The summed E-state index contributed by atoms with van der Waals surface area (Å²) in [6, 6.07) is 15.4. The van der Waals surface area contributed by atoms with Gasteiger partial charge >= 0.3 is 0 Å². The maximum Gasteiger partial charge on any atom is 0.253 e. The number of nitrogens with zero attached hydrogens (tertiary/aromatic N) is 5. The highest BCUT2D eigenvalue weighted by atomic mass is 16.5. The summed E-state index contributed by atoms with van der Waals surface area (Å²) >= 11 is 0. The van der Waals surface area contributed by atoms with E-state index in [0.29, 0.717) is 24.8 Å². The van der Waals surface area contributed by atoms with Crippen molar-refractivity contribution >= 4 is 5.91 Å². The molecule has 4 heterocycles. The van der Waals surface area contributed by atoms with E-state index in [4.69, 9.17) is 4.52 Å². The maximum absolute atomic E-state index is 13.1. The number of pyridine rings is 1. The van der Waals surface area contributed by atoms with Crippen LogP contribution in [0.1, 0.15) is 27.8 Å². The molecule has 0 aliphatic carbocycles. The first-order valence-corrected chi connectivity index (χ1v) is 9.91. The van der Waals surface area contributed by atoms with Crippen LogP contribution in [-0.2, 0) is 12.0 Å². The first-order chi connectivity index (χ1) is 14.1. The highest BCUT2D eigenvalue weighted by molar-refractivity contribution is 5.94. The van der Waals surface area contributed by atoms with Crippen molar-refractivity contribution in [3.05, 3.63) is 77.7 Å². The Kier molecular flexibility index (Phi) is 4.39. The van der Waals surface area contributed by atoms with E-state index in [1.807, 2.05) is 66.6 Å². The molecule has 0 saturated carbocycles. The van der Waals surface area contributed by atoms with Crippen molar-refractivity contribution in [3.8, 4) is 0 Å². The van der Waals surface area contributed by atoms with Gasteiger partial charge in [-0.25, -0.2) is 0 Å². The largest absolute Gasteiger partial charge is 0.339 e. The minimum atomic E-state index is -0.333. The van der Waals surface area contributed by atoms with Crippen LogP contribution < -0.4 is 0 Å². The van der Waals surface area contributed by atoms with Gasteiger partial charge in [-0.05, 0) is 31.2 Å². The van der Waals surface area contributed by atoms with E-state index in [9.17, 15) is 4.79 Å². The molecule has 2 atom stereocenters. The third-order valence-electron chi connectivity index (χ3n) is 6.05. The van der Waals surface area contributed by atoms with Gasteiger partial charge < -0.3 is 9.42 Å². The molecule has 2 saturated heterocycles. The second-order valence-corrected chi connectivity index (χ2v) is 8.04. The van der Waals surface area contributed by atoms with Gasteiger partial charge in [0.15, 0.2) is 5.82 Å². The second-order valence-electron chi connectivity index (χ2n) is 8.04. The summed E-state index contributed by atoms with van der Waals surface area (Å²) in [6.07, 6.45) is 1.82. The monoisotopic (exact) mass is 389 g/mol. The summed E-state index contributed by atoms with van der Waals surface area (Å²) in [4.78, 5) is 26.4. The fraction of sp³-hybridized carbons (Fsp3) is 0.364. The Morgan fingerprint density at radius 1 is 1.14 bits per heavy atom. The predicted molar refractivity (Wildman–Crippen MR) is 106 cm³/mol. The Morgan fingerprint density at radius 2 is 1.97 bits per heavy atom. The number of carbonyl (C=O) groups excluding carboxylic acids is 1. The van der Waals surface area contributed by atoms with Gasteiger partial charge in [-0.1, -0.05) is 29.4 Å². The van der Waals surface area contributed by atoms with Crippen LogP contribution >= 0.6 is 0 Å². The lowest BCUT2D eigenvalue weighted by Crippen LogP contribution is -2.40. The quantitative estimate of drug-likeness (QED) is 0.682. The third-order valence-corrected chi connectivity index (χ3v) is 6.05. The lowest BCUT2D eigenvalue weighted by molar-refractivity contribution is 0.0766. The topological polar surface area (TPSA) is 75.4 Å². The van der Waals surface area contributed by atoms with Crippen LogP contribution in [0.5, 0.6) is 0 Å². The smallest absolute Gasteiger partial charge is 0.253 e. The van der Waals surface area contributed by atoms with Gasteiger partial charge in [0, 0.05) is 50.4 Å². The molecule has 2 aliphatic heterocycles. The SMILES string of the molecule is Cc1noc([C@]23CN(Cc4ccccn4)C[C@H]2CN(C(=O)c2ccccc2)C3)n1. The Hall–Kier alpha value is -3.06. The number of rotatable bonds is 4. The number of likely N-dealkylation sites (tertiary alicyclic amines) is 2. The van der Waals surface area contributed by atoms with Gasteiger partial charge in [-0.3, -0.25) is 14.7 Å². The van der Waals surface area contributed by atoms with Crippen LogP contribution in [0.4, 0.5) is 0 Å². The molecule has 2 fully saturated rings. The predicted octanol–water partition coefficient (Wildman–Crippen LogP) is 2.30. The molecule has 0 unspecified atom stereocenters. The summed E-state index contributed by atoms with van der Waals surface area (Å²) in [7, 11) is 0. The molecule has 0 radical (unpaired) electrons. The highest BCUT2D eigenvalue weighted by Gasteiger charge is 2.57. The number of aromatic nitrogens is 3. The number of carbonyl (C=O) groups is 1. The number of hydrogen-bond donors (Lipinski definition) is 0. The highest BCUT2D eigenvalue weighted by Crippen LogP contribution is 2.45. The van der Waals surface area contributed by atoms with Gasteiger partial charge in [0.1, 0.15) is 0 Å². The normalized spacial score (nSPS) is 24.0. The molecule has 7 nitrogen and oxygen atoms in total. The second kappa shape index (κ2) is 7.08. The van der Waals surface area contributed by atoms with Crippen LogP contribution in [0.3, 0.4) is 0 Å². The van der Waals surface area contributed by atoms with E-state index in [1.54, 1.807) is 0 Å². The van der Waals surface area contributed by atoms with Gasteiger partial charge in [-0.2, -0.15) is 4.98 Å². The summed E-state index contributed by atoms with van der Waals surface area (Å²) in [6.45, 7) is 5.53. The van der Waals surface area contributed by atoms with Gasteiger partial charge in [0.05, 0.1) is 11.1 Å². The summed E-state index contributed by atoms with van der Waals surface area (Å²) < 4.78 is 5.64. The number of aryl methyl sites for hydroxylation is 1. The van der Waals surface area contributed by atoms with Gasteiger partial charge in [0.2, 0.25) is 5.89 Å². The molecule has 148 valence electrons. The molecule has 7 heteroatoms. The number of benzene rings is 1. The number of amides is 1. The average Bonchev–Trinajstić information content (AvgIpc) is 3.41. The lowest BCUT2D eigenvalue weighted by Gasteiger charge is -2.26. The van der Waals surface area contributed by atoms with Crippen LogP contribution in [0, 0.1) is 12.8 Å². The van der Waals surface area contributed by atoms with E-state index >= 15 is 0 Å². The van der Waals surface area contributed by atoms with Crippen molar-refractivity contribution in [2.24, 2.45) is 5.92 Å². The molecule has 2 aromatic heterocycles. The third kappa shape index (κ3) is 3.21. The molecule has 29 heavy (non-hydrogen) atoms. The summed E-state index contributed by atoms with van der Waals surface area (Å²) in [5.41, 5.74) is 1.43. The molecule has 0 N–H and O–H groups in total. The molecular formula is C22H23N5O2. The number of hydrogen-bond acceptors (Lipinski definition) is 6. The van der Waals surface area contributed by atoms with Crippen LogP contribution in [0.2, 0.25) is 0 Å². The fourth-order valence-corrected chi connectivity index (χ4v) is 4.73. The Bertz CT molecular complexity index is 1010. The van der Waals surface area contributed by atoms with E-state index in [1.165, 1.54) is 0 Å². The van der Waals surface area contributed by atoms with E-state index in [2.05, 4.69) is 20.0 Å². The Labute approximate surface area is 169 Å². The number of fused-ring (bicyclic) bond motifs is 1. The van der Waals surface area contributed by atoms with Crippen molar-refractivity contribution in [2.75, 3.05) is 26.2 Å². The van der Waals surface area contributed by atoms with Crippen LogP contribution in [0.25, 0.3) is 0 Å². The first-order valence-electron chi connectivity index (χ1n) is 9.91. The van der Waals surface area contributed by atoms with E-state index in [0.717, 1.165) is 30.9 Å². The first kappa shape index (κ1) is 18.0. The van der Waals surface area contributed by atoms with Crippen LogP contribution in [-0.4, -0.2) is 57.0 Å². The maximum atomic E-state index is 13.1. The zero-order valence-corrected chi connectivity index (χ0v) is 16.4. The average molecular weight is 389 g/mol. The van der Waals surface area contributed by atoms with Crippen molar-refractivity contribution in [2.45, 2.75) is 18.9 Å². The zero-order chi connectivity index (χ0) is 19.8. The van der Waals surface area contributed by atoms with Gasteiger partial charge in [-0.15, -0.1) is 0 Å². The molecule has 0 bridgehead atoms. The Balaban J connectivity index is 1.42. The lowest BCUT2D eigenvalue weighted by atomic mass is 9.81. The standard InChI is InChI=1S/C22H23N5O2/c1-16-24-21(29-25-16)22-14-26(13-19-9-5-6-10-23-19)11-18(22)12-27(15-22)20(28)17-7-3-2-4-8-17/h2-10,18H,11-15H2,1H3/t18-,22-/m0/s1. The molecule has 2 aliphatic rings. The van der Waals surface area contributed by atoms with Gasteiger partial charge in [0.25, 0.3) is 5.91 Å². The van der Waals surface area contributed by atoms with E-state index < -0.39 is 0 Å². The molecule has 5 rings (SSSR count). The molecule has 1 amide bonds. The zero-order valence-electron chi connectivity index (χ0n) is 16.4. The minimum Gasteiger partial charge on any atom is -0.339 e. The molecule has 3 aromatic rings. The van der Waals surface area contributed by atoms with Crippen LogP contribution in [0.15, 0.2) is 59.3 Å². The van der Waals surface area contributed by atoms with E-state index in [-0.39, 0.29) is 17.2 Å². The van der Waals surface area contributed by atoms with Crippen molar-refractivity contribution < 1.29 is 9.32 Å². The summed E-state index contributed by atoms with van der Waals surface area (Å²) in [5.74, 6) is 1.58. The minimum absolute atomic E-state index is 0.0619. The van der Waals surface area contributed by atoms with Crippen molar-refractivity contribution in [3.63, 3.8) is 0 Å². The molecule has 1 aromatic carbocycles. The molecule has 0 spiro atoms. The fourth-order valence-electron chi connectivity index (χ4n) is 4.73. The van der Waals surface area contributed by atoms with Crippen molar-refractivity contribution in [1.29, 1.82) is 0 Å². The summed E-state index contributed by atoms with van der Waals surface area (Å²) in [5, 5.41) is 4.03. The molecular weight excluding hydrogens is 366 g/mol. The Morgan fingerprint density at radius 3 is 2.69 bits per heavy atom. The van der Waals surface area contributed by atoms with Crippen molar-refractivity contribution in [1.82, 2.24) is 24.9 Å².